The van der Waals surface area contributed by atoms with Crippen LogP contribution in [0.4, 0.5) is 0 Å². The van der Waals surface area contributed by atoms with Gasteiger partial charge in [-0.05, 0) is 5.56 Å². The molecule has 0 radical (unpaired) electrons. The molecular weight excluding hydrogens is 162 g/mol. The minimum absolute atomic E-state index is 0.0895. The van der Waals surface area contributed by atoms with Crippen molar-refractivity contribution in [2.75, 3.05) is 0 Å². The fourth-order valence-electron chi connectivity index (χ4n) is 1.08. The summed E-state index contributed by atoms with van der Waals surface area (Å²) in [5, 5.41) is 7.10. The van der Waals surface area contributed by atoms with Gasteiger partial charge in [-0.3, -0.25) is 0 Å². The van der Waals surface area contributed by atoms with Crippen LogP contribution >= 0.6 is 0 Å². The van der Waals surface area contributed by atoms with E-state index in [-0.39, 0.29) is 5.92 Å². The van der Waals surface area contributed by atoms with Crippen LogP contribution in [0.25, 0.3) is 0 Å². The highest BCUT2D eigenvalue weighted by Crippen LogP contribution is 2.14. The summed E-state index contributed by atoms with van der Waals surface area (Å²) >= 11 is 0. The van der Waals surface area contributed by atoms with Crippen molar-refractivity contribution in [3.63, 3.8) is 0 Å². The molecule has 0 bridgehead atoms. The average Bonchev–Trinajstić information content (AvgIpc) is 2.18. The summed E-state index contributed by atoms with van der Waals surface area (Å²) in [6.45, 7) is 5.24. The Labute approximate surface area is 78.0 Å². The van der Waals surface area contributed by atoms with Gasteiger partial charge in [0.1, 0.15) is 5.84 Å². The molecule has 3 nitrogen and oxygen atoms in total. The van der Waals surface area contributed by atoms with Gasteiger partial charge in [-0.2, -0.15) is 5.10 Å². The molecule has 0 aliphatic heterocycles. The summed E-state index contributed by atoms with van der Waals surface area (Å²) in [5.74, 6) is 0.577. The third-order valence-electron chi connectivity index (χ3n) is 1.93. The van der Waals surface area contributed by atoms with Gasteiger partial charge in [0, 0.05) is 12.6 Å². The van der Waals surface area contributed by atoms with Crippen molar-refractivity contribution in [2.24, 2.45) is 15.9 Å². The van der Waals surface area contributed by atoms with Crippen LogP contribution < -0.4 is 5.73 Å². The Morgan fingerprint density at radius 3 is 2.54 bits per heavy atom. The molecule has 0 aliphatic carbocycles. The average molecular weight is 175 g/mol. The zero-order valence-electron chi connectivity index (χ0n) is 7.64. The molecule has 2 N–H and O–H groups in total. The van der Waals surface area contributed by atoms with E-state index in [4.69, 9.17) is 5.73 Å². The van der Waals surface area contributed by atoms with E-state index in [1.165, 1.54) is 0 Å². The van der Waals surface area contributed by atoms with Gasteiger partial charge in [0.2, 0.25) is 0 Å². The summed E-state index contributed by atoms with van der Waals surface area (Å²) in [5.41, 5.74) is 6.81. The van der Waals surface area contributed by atoms with E-state index in [1.54, 1.807) is 0 Å². The molecule has 1 atom stereocenters. The summed E-state index contributed by atoms with van der Waals surface area (Å²) in [6.07, 6.45) is 0. The Hall–Kier alpha value is -1.64. The van der Waals surface area contributed by atoms with Gasteiger partial charge in [-0.1, -0.05) is 37.3 Å². The molecule has 0 fully saturated rings. The van der Waals surface area contributed by atoms with Gasteiger partial charge in [0.05, 0.1) is 0 Å². The lowest BCUT2D eigenvalue weighted by atomic mass is 10.0. The zero-order chi connectivity index (χ0) is 9.68. The van der Waals surface area contributed by atoms with Crippen molar-refractivity contribution in [1.82, 2.24) is 0 Å². The fraction of sp³-hybridized carbons (Fsp3) is 0.200. The molecule has 1 aromatic carbocycles. The number of benzene rings is 1. The lowest BCUT2D eigenvalue weighted by molar-refractivity contribution is 0.986. The largest absolute Gasteiger partial charge is 0.385 e. The first-order chi connectivity index (χ1) is 6.25. The highest BCUT2D eigenvalue weighted by atomic mass is 15.2. The molecule has 1 aromatic rings. The smallest absolute Gasteiger partial charge is 0.129 e. The van der Waals surface area contributed by atoms with Crippen LogP contribution in [0.1, 0.15) is 18.4 Å². The van der Waals surface area contributed by atoms with Gasteiger partial charge < -0.3 is 5.73 Å². The Bertz CT molecular complexity index is 303. The van der Waals surface area contributed by atoms with Crippen molar-refractivity contribution in [2.45, 2.75) is 12.8 Å². The van der Waals surface area contributed by atoms with Gasteiger partial charge in [-0.25, -0.2) is 0 Å². The van der Waals surface area contributed by atoms with Crippen LogP contribution in [-0.4, -0.2) is 12.6 Å². The molecular formula is C10H13N3. The maximum Gasteiger partial charge on any atom is 0.129 e. The lowest BCUT2D eigenvalue weighted by Crippen LogP contribution is -2.19. The second-order valence-corrected chi connectivity index (χ2v) is 2.80. The minimum atomic E-state index is 0.0895. The van der Waals surface area contributed by atoms with Crippen molar-refractivity contribution in [3.8, 4) is 0 Å². The Morgan fingerprint density at radius 1 is 1.38 bits per heavy atom. The topological polar surface area (TPSA) is 50.7 Å². The monoisotopic (exact) mass is 175 g/mol. The van der Waals surface area contributed by atoms with Crippen LogP contribution in [0.3, 0.4) is 0 Å². The number of nitrogens with two attached hydrogens (primary N) is 1. The summed E-state index contributed by atoms with van der Waals surface area (Å²) in [4.78, 5) is 0. The number of hydrogen-bond acceptors (Lipinski definition) is 2. The van der Waals surface area contributed by atoms with E-state index in [9.17, 15) is 0 Å². The molecule has 1 rings (SSSR count). The number of rotatable bonds is 3. The molecule has 0 aliphatic rings. The summed E-state index contributed by atoms with van der Waals surface area (Å²) in [7, 11) is 0. The second-order valence-electron chi connectivity index (χ2n) is 2.80. The van der Waals surface area contributed by atoms with Crippen LogP contribution in [-0.2, 0) is 0 Å². The fourth-order valence-corrected chi connectivity index (χ4v) is 1.08. The third kappa shape index (κ3) is 2.40. The summed E-state index contributed by atoms with van der Waals surface area (Å²) in [6, 6.07) is 9.93. The van der Waals surface area contributed by atoms with Gasteiger partial charge in [-0.15, -0.1) is 5.10 Å². The van der Waals surface area contributed by atoms with Crippen LogP contribution in [0.15, 0.2) is 40.5 Å². The van der Waals surface area contributed by atoms with Gasteiger partial charge in [0.25, 0.3) is 0 Å². The Morgan fingerprint density at radius 2 is 2.00 bits per heavy atom. The minimum Gasteiger partial charge on any atom is -0.385 e. The van der Waals surface area contributed by atoms with E-state index in [0.717, 1.165) is 5.56 Å². The van der Waals surface area contributed by atoms with E-state index in [0.29, 0.717) is 5.84 Å². The highest BCUT2D eigenvalue weighted by molar-refractivity contribution is 5.86. The first kappa shape index (κ1) is 9.45. The van der Waals surface area contributed by atoms with E-state index < -0.39 is 0 Å². The molecule has 0 saturated carbocycles. The molecule has 0 spiro atoms. The van der Waals surface area contributed by atoms with E-state index in [1.807, 2.05) is 37.3 Å². The molecule has 13 heavy (non-hydrogen) atoms. The molecule has 0 heterocycles. The predicted molar refractivity (Wildman–Crippen MR) is 56.0 cm³/mol. The van der Waals surface area contributed by atoms with Crippen molar-refractivity contribution in [3.05, 3.63) is 35.9 Å². The maximum absolute atomic E-state index is 5.68. The van der Waals surface area contributed by atoms with E-state index in [2.05, 4.69) is 16.9 Å². The number of hydrogen-bond donors (Lipinski definition) is 1. The third-order valence-corrected chi connectivity index (χ3v) is 1.93. The zero-order valence-corrected chi connectivity index (χ0v) is 7.64. The molecule has 0 aromatic heterocycles. The van der Waals surface area contributed by atoms with Crippen molar-refractivity contribution < 1.29 is 0 Å². The standard InChI is InChI=1S/C10H13N3/c1-8(10(11)13-12-2)9-6-4-3-5-7-9/h3-8H,2H2,1H3,(H2,11,13). The molecule has 0 saturated heterocycles. The quantitative estimate of drug-likeness (QED) is 0.425. The van der Waals surface area contributed by atoms with Crippen LogP contribution in [0.5, 0.6) is 0 Å². The Kier molecular flexibility index (Phi) is 3.20. The molecule has 3 heteroatoms. The second kappa shape index (κ2) is 4.40. The number of amidine groups is 1. The normalized spacial score (nSPS) is 13.8. The molecule has 1 unspecified atom stereocenters. The first-order valence-electron chi connectivity index (χ1n) is 4.09. The van der Waals surface area contributed by atoms with Crippen molar-refractivity contribution >= 4 is 12.6 Å². The molecule has 68 valence electrons. The van der Waals surface area contributed by atoms with Crippen molar-refractivity contribution in [1.29, 1.82) is 0 Å². The SMILES string of the molecule is C=N/N=C(\N)C(C)c1ccccc1. The number of nitrogens with zero attached hydrogens (tertiary/aromatic N) is 2. The predicted octanol–water partition coefficient (Wildman–Crippen LogP) is 1.76. The highest BCUT2D eigenvalue weighted by Gasteiger charge is 2.08. The lowest BCUT2D eigenvalue weighted by Gasteiger charge is -2.09. The summed E-state index contributed by atoms with van der Waals surface area (Å²) < 4.78 is 0. The van der Waals surface area contributed by atoms with E-state index >= 15 is 0 Å². The molecule has 0 amide bonds. The Balaban J connectivity index is 2.85. The van der Waals surface area contributed by atoms with Crippen LogP contribution in [0.2, 0.25) is 0 Å². The van der Waals surface area contributed by atoms with Gasteiger partial charge in [0.15, 0.2) is 0 Å². The maximum atomic E-state index is 5.68. The van der Waals surface area contributed by atoms with Gasteiger partial charge >= 0.3 is 0 Å². The van der Waals surface area contributed by atoms with Crippen LogP contribution in [0, 0.1) is 0 Å². The first-order valence-corrected chi connectivity index (χ1v) is 4.09.